The van der Waals surface area contributed by atoms with E-state index < -0.39 is 6.16 Å². The lowest BCUT2D eigenvalue weighted by Crippen LogP contribution is -2.10. The van der Waals surface area contributed by atoms with Gasteiger partial charge in [-0.3, -0.25) is 0 Å². The van der Waals surface area contributed by atoms with Crippen molar-refractivity contribution in [1.29, 1.82) is 0 Å². The highest BCUT2D eigenvalue weighted by atomic mass is 16.7. The van der Waals surface area contributed by atoms with Crippen LogP contribution in [0.5, 0.6) is 0 Å². The van der Waals surface area contributed by atoms with Gasteiger partial charge >= 0.3 is 6.16 Å². The Hall–Kier alpha value is -1.03. The van der Waals surface area contributed by atoms with Crippen molar-refractivity contribution in [2.45, 2.75) is 0 Å². The van der Waals surface area contributed by atoms with Crippen LogP contribution in [0, 0.1) is 0 Å². The third kappa shape index (κ3) is 5.11. The summed E-state index contributed by atoms with van der Waals surface area (Å²) in [5.74, 6) is 0. The summed E-state index contributed by atoms with van der Waals surface area (Å²) in [6.07, 6.45) is 0.647. The molecule has 0 radical (unpaired) electrons. The van der Waals surface area contributed by atoms with E-state index in [0.717, 1.165) is 0 Å². The summed E-state index contributed by atoms with van der Waals surface area (Å²) < 4.78 is 8.74. The molecule has 0 aliphatic rings. The molecule has 10 heavy (non-hydrogen) atoms. The maximum Gasteiger partial charge on any atom is 0.508 e. The van der Waals surface area contributed by atoms with Gasteiger partial charge in [0.15, 0.2) is 0 Å². The van der Waals surface area contributed by atoms with Crippen LogP contribution in [-0.2, 0) is 9.47 Å². The molecule has 0 rings (SSSR count). The Kier molecular flexibility index (Phi) is 5.47. The maximum atomic E-state index is 10.4. The Labute approximate surface area is 59.1 Å². The lowest BCUT2D eigenvalue weighted by molar-refractivity contribution is 0.0504. The number of ether oxygens (including phenoxy) is 2. The van der Waals surface area contributed by atoms with Crippen molar-refractivity contribution in [3.8, 4) is 0 Å². The van der Waals surface area contributed by atoms with E-state index in [9.17, 15) is 4.79 Å². The summed E-state index contributed by atoms with van der Waals surface area (Å²) in [4.78, 5) is 10.4. The van der Waals surface area contributed by atoms with Crippen LogP contribution in [0.3, 0.4) is 0 Å². The predicted octanol–water partition coefficient (Wildman–Crippen LogP) is 0.318. The number of aliphatic hydroxyl groups is 1. The summed E-state index contributed by atoms with van der Waals surface area (Å²) in [6, 6.07) is 0. The van der Waals surface area contributed by atoms with Crippen LogP contribution in [0.2, 0.25) is 0 Å². The van der Waals surface area contributed by atoms with Crippen LogP contribution in [0.1, 0.15) is 0 Å². The normalized spacial score (nSPS) is 8.50. The number of carbonyl (C=O) groups is 1. The minimum absolute atomic E-state index is 0.0318. The number of hydrogen-bond acceptors (Lipinski definition) is 4. The van der Waals surface area contributed by atoms with Gasteiger partial charge in [0.1, 0.15) is 13.2 Å². The van der Waals surface area contributed by atoms with Gasteiger partial charge in [-0.2, -0.15) is 0 Å². The molecule has 0 fully saturated rings. The summed E-state index contributed by atoms with van der Waals surface area (Å²) in [5, 5.41) is 8.19. The minimum atomic E-state index is -0.783. The van der Waals surface area contributed by atoms with E-state index >= 15 is 0 Å². The molecule has 1 N–H and O–H groups in total. The lowest BCUT2D eigenvalue weighted by atomic mass is 10.7. The van der Waals surface area contributed by atoms with Crippen LogP contribution < -0.4 is 0 Å². The predicted molar refractivity (Wildman–Crippen MR) is 34.6 cm³/mol. The molecule has 0 aromatic heterocycles. The van der Waals surface area contributed by atoms with E-state index in [4.69, 9.17) is 5.11 Å². The molecule has 0 saturated heterocycles. The molecule has 0 bridgehead atoms. The van der Waals surface area contributed by atoms with Crippen LogP contribution in [0.15, 0.2) is 12.7 Å². The second-order valence-corrected chi connectivity index (χ2v) is 1.42. The van der Waals surface area contributed by atoms with Crippen molar-refractivity contribution in [2.24, 2.45) is 0 Å². The van der Waals surface area contributed by atoms with Gasteiger partial charge in [-0.15, -0.1) is 0 Å². The van der Waals surface area contributed by atoms with Crippen molar-refractivity contribution in [3.63, 3.8) is 0 Å². The van der Waals surface area contributed by atoms with Crippen molar-refractivity contribution in [3.05, 3.63) is 12.7 Å². The van der Waals surface area contributed by atoms with Gasteiger partial charge in [0, 0.05) is 0 Å². The van der Waals surface area contributed by atoms with Crippen molar-refractivity contribution >= 4 is 6.16 Å². The molecular weight excluding hydrogens is 136 g/mol. The highest BCUT2D eigenvalue weighted by molar-refractivity contribution is 5.59. The third-order valence-electron chi connectivity index (χ3n) is 0.630. The molecule has 0 unspecified atom stereocenters. The van der Waals surface area contributed by atoms with Gasteiger partial charge in [-0.05, 0) is 0 Å². The molecule has 4 heteroatoms. The number of hydrogen-bond donors (Lipinski definition) is 1. The van der Waals surface area contributed by atoms with Gasteiger partial charge in [-0.25, -0.2) is 4.79 Å². The summed E-state index contributed by atoms with van der Waals surface area (Å²) in [6.45, 7) is 3.24. The van der Waals surface area contributed by atoms with Gasteiger partial charge in [0.25, 0.3) is 0 Å². The van der Waals surface area contributed by atoms with E-state index in [1.807, 2.05) is 0 Å². The van der Waals surface area contributed by atoms with Crippen LogP contribution in [0.4, 0.5) is 4.79 Å². The molecule has 0 aromatic rings. The SMILES string of the molecule is C=CCOC(=O)OCCO. The fourth-order valence-electron chi connectivity index (χ4n) is 0.298. The second-order valence-electron chi connectivity index (χ2n) is 1.42. The zero-order valence-corrected chi connectivity index (χ0v) is 5.58. The first-order valence-corrected chi connectivity index (χ1v) is 2.82. The van der Waals surface area contributed by atoms with Crippen molar-refractivity contribution in [1.82, 2.24) is 0 Å². The molecule has 0 amide bonds. The van der Waals surface area contributed by atoms with Gasteiger partial charge < -0.3 is 14.6 Å². The molecule has 0 aliphatic carbocycles. The topological polar surface area (TPSA) is 55.8 Å². The van der Waals surface area contributed by atoms with E-state index in [2.05, 4.69) is 16.1 Å². The largest absolute Gasteiger partial charge is 0.508 e. The van der Waals surface area contributed by atoms with E-state index in [-0.39, 0.29) is 19.8 Å². The zero-order chi connectivity index (χ0) is 7.82. The fourth-order valence-corrected chi connectivity index (χ4v) is 0.298. The minimum Gasteiger partial charge on any atom is -0.432 e. The van der Waals surface area contributed by atoms with E-state index in [1.165, 1.54) is 6.08 Å². The first kappa shape index (κ1) is 8.97. The second kappa shape index (κ2) is 6.10. The van der Waals surface area contributed by atoms with Crippen LogP contribution >= 0.6 is 0 Å². The quantitative estimate of drug-likeness (QED) is 0.458. The lowest BCUT2D eigenvalue weighted by Gasteiger charge is -2.00. The average Bonchev–Trinajstić information content (AvgIpc) is 1.97. The number of rotatable bonds is 4. The molecule has 58 valence electrons. The molecule has 0 saturated carbocycles. The highest BCUT2D eigenvalue weighted by Gasteiger charge is 1.99. The third-order valence-corrected chi connectivity index (χ3v) is 0.630. The molecule has 0 aliphatic heterocycles. The Morgan fingerprint density at radius 2 is 2.30 bits per heavy atom. The van der Waals surface area contributed by atoms with Crippen molar-refractivity contribution in [2.75, 3.05) is 19.8 Å². The van der Waals surface area contributed by atoms with Crippen LogP contribution in [-0.4, -0.2) is 31.1 Å². The van der Waals surface area contributed by atoms with Crippen molar-refractivity contribution < 1.29 is 19.4 Å². The Balaban J connectivity index is 3.16. The Morgan fingerprint density at radius 3 is 2.80 bits per heavy atom. The molecule has 0 aromatic carbocycles. The molecule has 0 spiro atoms. The average molecular weight is 146 g/mol. The Bertz CT molecular complexity index is 110. The van der Waals surface area contributed by atoms with Crippen LogP contribution in [0.25, 0.3) is 0 Å². The van der Waals surface area contributed by atoms with E-state index in [1.54, 1.807) is 0 Å². The zero-order valence-electron chi connectivity index (χ0n) is 5.58. The summed E-state index contributed by atoms with van der Waals surface area (Å²) in [7, 11) is 0. The number of aliphatic hydroxyl groups excluding tert-OH is 1. The maximum absolute atomic E-state index is 10.4. The Morgan fingerprint density at radius 1 is 1.60 bits per heavy atom. The first-order chi connectivity index (χ1) is 4.81. The number of carbonyl (C=O) groups excluding carboxylic acids is 1. The molecule has 4 nitrogen and oxygen atoms in total. The van der Waals surface area contributed by atoms with Gasteiger partial charge in [-0.1, -0.05) is 12.7 Å². The fraction of sp³-hybridized carbons (Fsp3) is 0.500. The van der Waals surface area contributed by atoms with Gasteiger partial charge in [0.05, 0.1) is 6.61 Å². The molecule has 0 atom stereocenters. The molecular formula is C6H10O4. The smallest absolute Gasteiger partial charge is 0.432 e. The summed E-state index contributed by atoms with van der Waals surface area (Å²) in [5.41, 5.74) is 0. The molecule has 0 heterocycles. The monoisotopic (exact) mass is 146 g/mol. The highest BCUT2D eigenvalue weighted by Crippen LogP contribution is 1.83. The van der Waals surface area contributed by atoms with Gasteiger partial charge in [0.2, 0.25) is 0 Å². The standard InChI is InChI=1S/C6H10O4/c1-2-4-9-6(8)10-5-3-7/h2,7H,1,3-5H2. The first-order valence-electron chi connectivity index (χ1n) is 2.82. The van der Waals surface area contributed by atoms with E-state index in [0.29, 0.717) is 0 Å². The summed E-state index contributed by atoms with van der Waals surface area (Å²) >= 11 is 0.